The maximum absolute atomic E-state index is 14.3. The van der Waals surface area contributed by atoms with Gasteiger partial charge in [0.1, 0.15) is 34.9 Å². The lowest BCUT2D eigenvalue weighted by Gasteiger charge is -2.32. The van der Waals surface area contributed by atoms with Crippen molar-refractivity contribution in [3.05, 3.63) is 115 Å². The third kappa shape index (κ3) is 9.13. The molecule has 3 aromatic carbocycles. The second kappa shape index (κ2) is 17.4. The Kier molecular flexibility index (Phi) is 12.3. The lowest BCUT2D eigenvalue weighted by Crippen LogP contribution is -2.52. The van der Waals surface area contributed by atoms with Gasteiger partial charge in [0.05, 0.1) is 21.8 Å². The van der Waals surface area contributed by atoms with Crippen molar-refractivity contribution in [1.82, 2.24) is 28.9 Å². The number of nitrogens with zero attached hydrogens (tertiary/aromatic N) is 6. The summed E-state index contributed by atoms with van der Waals surface area (Å²) in [6.45, 7) is 13.0. The number of imide groups is 6. The van der Waals surface area contributed by atoms with Crippen molar-refractivity contribution in [2.24, 2.45) is 0 Å². The second-order valence-corrected chi connectivity index (χ2v) is 18.3. The molecule has 0 radical (unpaired) electrons. The lowest BCUT2D eigenvalue weighted by atomic mass is 9.97. The van der Waals surface area contributed by atoms with Crippen LogP contribution in [0.15, 0.2) is 70.3 Å². The van der Waals surface area contributed by atoms with E-state index in [0.29, 0.717) is 57.3 Å². The van der Waals surface area contributed by atoms with Crippen LogP contribution in [0, 0.1) is 13.8 Å². The number of rotatable bonds is 8. The van der Waals surface area contributed by atoms with Gasteiger partial charge in [0.15, 0.2) is 0 Å². The molecule has 334 valence electrons. The van der Waals surface area contributed by atoms with Crippen molar-refractivity contribution in [3.63, 3.8) is 0 Å². The van der Waals surface area contributed by atoms with Crippen LogP contribution in [0.1, 0.15) is 113 Å². The molecule has 2 fully saturated rings. The van der Waals surface area contributed by atoms with Gasteiger partial charge in [0.25, 0.3) is 22.9 Å². The molecule has 64 heavy (non-hydrogen) atoms. The highest BCUT2D eigenvalue weighted by atomic mass is 16.6. The number of hydrogen-bond acceptors (Lipinski definition) is 12. The Morgan fingerprint density at radius 3 is 1.27 bits per heavy atom. The van der Waals surface area contributed by atoms with Crippen LogP contribution < -0.4 is 11.1 Å². The Morgan fingerprint density at radius 1 is 0.562 bits per heavy atom. The quantitative estimate of drug-likeness (QED) is 0.153. The van der Waals surface area contributed by atoms with Gasteiger partial charge in [-0.2, -0.15) is 9.80 Å². The van der Waals surface area contributed by atoms with E-state index in [1.54, 1.807) is 67.5 Å². The van der Waals surface area contributed by atoms with Crippen molar-refractivity contribution in [1.29, 1.82) is 0 Å². The minimum Gasteiger partial charge on any atom is -0.443 e. The molecule has 16 heteroatoms. The van der Waals surface area contributed by atoms with Crippen LogP contribution in [0.2, 0.25) is 0 Å². The predicted molar refractivity (Wildman–Crippen MR) is 235 cm³/mol. The van der Waals surface area contributed by atoms with E-state index in [-0.39, 0.29) is 37.3 Å². The minimum atomic E-state index is -1.12. The monoisotopic (exact) mass is 872 g/mol. The fourth-order valence-electron chi connectivity index (χ4n) is 8.44. The smallest absolute Gasteiger partial charge is 0.424 e. The summed E-state index contributed by atoms with van der Waals surface area (Å²) in [6.07, 6.45) is -0.187. The number of carbonyl (C=O) groups excluding carboxylic acids is 6. The zero-order chi connectivity index (χ0) is 46.4. The number of benzene rings is 3. The van der Waals surface area contributed by atoms with Crippen molar-refractivity contribution in [3.8, 4) is 0 Å². The Balaban J connectivity index is 1.07. The number of fused-ring (bicyclic) bond motifs is 2. The Morgan fingerprint density at radius 2 is 0.922 bits per heavy atom. The van der Waals surface area contributed by atoms with Crippen LogP contribution in [0.5, 0.6) is 0 Å². The number of hydrogen-bond donors (Lipinski definition) is 0. The van der Waals surface area contributed by atoms with Gasteiger partial charge in [-0.15, -0.1) is 0 Å². The number of carbonyl (C=O) groups is 6. The summed E-state index contributed by atoms with van der Waals surface area (Å²) in [7, 11) is 0. The standard InChI is InChI=1S/C48H52N6O10/c1-27-49-33-13-9-11-31(39(33)43(59)51(27)35-23-25-37(55)53(41(35)57)45(61)63-47(3,4)5)21-19-29-15-17-30(18-16-29)20-22-32-12-10-14-34-40(32)44(60)52(28(2)50-34)36-24-26-38(56)54(42(36)58)46(62)64-48(6,7)8/h9-18,35-36H,19-26H2,1-8H3. The van der Waals surface area contributed by atoms with E-state index in [4.69, 9.17) is 9.47 Å². The van der Waals surface area contributed by atoms with Gasteiger partial charge < -0.3 is 9.47 Å². The highest BCUT2D eigenvalue weighted by molar-refractivity contribution is 6.12. The molecule has 2 aromatic heterocycles. The molecule has 2 saturated heterocycles. The highest BCUT2D eigenvalue weighted by Gasteiger charge is 2.44. The number of ether oxygens (including phenoxy) is 2. The van der Waals surface area contributed by atoms with Gasteiger partial charge >= 0.3 is 12.2 Å². The Labute approximate surface area is 369 Å². The molecule has 5 aromatic rings. The molecular weight excluding hydrogens is 821 g/mol. The first-order chi connectivity index (χ1) is 30.1. The zero-order valence-electron chi connectivity index (χ0n) is 37.4. The van der Waals surface area contributed by atoms with Gasteiger partial charge in [-0.05, 0) is 128 Å². The average Bonchev–Trinajstić information content (AvgIpc) is 3.19. The van der Waals surface area contributed by atoms with E-state index < -0.39 is 70.2 Å². The maximum Gasteiger partial charge on any atom is 0.424 e. The molecule has 0 bridgehead atoms. The predicted octanol–water partition coefficient (Wildman–Crippen LogP) is 6.54. The van der Waals surface area contributed by atoms with Crippen LogP contribution >= 0.6 is 0 Å². The summed E-state index contributed by atoms with van der Waals surface area (Å²) in [6, 6.07) is 16.7. The first-order valence-electron chi connectivity index (χ1n) is 21.4. The molecule has 16 nitrogen and oxygen atoms in total. The number of piperidine rings is 2. The summed E-state index contributed by atoms with van der Waals surface area (Å²) < 4.78 is 13.2. The average molecular weight is 873 g/mol. The number of likely N-dealkylation sites (tertiary alicyclic amines) is 2. The topological polar surface area (TPSA) is 197 Å². The third-order valence-electron chi connectivity index (χ3n) is 11.3. The van der Waals surface area contributed by atoms with Gasteiger partial charge in [-0.1, -0.05) is 48.5 Å². The normalized spacial score (nSPS) is 17.4. The van der Waals surface area contributed by atoms with Gasteiger partial charge in [0.2, 0.25) is 11.8 Å². The second-order valence-electron chi connectivity index (χ2n) is 18.3. The van der Waals surface area contributed by atoms with Crippen molar-refractivity contribution in [2.45, 2.75) is 130 Å². The van der Waals surface area contributed by atoms with E-state index in [1.165, 1.54) is 9.13 Å². The number of aryl methyl sites for hydroxylation is 6. The van der Waals surface area contributed by atoms with Crippen molar-refractivity contribution < 1.29 is 38.2 Å². The molecule has 7 rings (SSSR count). The van der Waals surface area contributed by atoms with Crippen LogP contribution in [-0.2, 0) is 54.3 Å². The van der Waals surface area contributed by atoms with Crippen molar-refractivity contribution in [2.75, 3.05) is 0 Å². The van der Waals surface area contributed by atoms with Gasteiger partial charge in [0, 0.05) is 12.8 Å². The molecule has 0 N–H and O–H groups in total. The molecule has 2 aliphatic heterocycles. The van der Waals surface area contributed by atoms with Gasteiger partial charge in [-0.3, -0.25) is 37.9 Å². The molecule has 4 heterocycles. The lowest BCUT2D eigenvalue weighted by molar-refractivity contribution is -0.151. The van der Waals surface area contributed by atoms with E-state index in [1.807, 2.05) is 48.5 Å². The van der Waals surface area contributed by atoms with Crippen LogP contribution in [0.25, 0.3) is 21.8 Å². The van der Waals surface area contributed by atoms with E-state index in [0.717, 1.165) is 22.3 Å². The van der Waals surface area contributed by atoms with E-state index >= 15 is 0 Å². The van der Waals surface area contributed by atoms with E-state index in [9.17, 15) is 38.4 Å². The van der Waals surface area contributed by atoms with Crippen LogP contribution in [0.3, 0.4) is 0 Å². The fraction of sp³-hybridized carbons (Fsp3) is 0.417. The highest BCUT2D eigenvalue weighted by Crippen LogP contribution is 2.29. The Bertz CT molecular complexity index is 2670. The SMILES string of the molecule is Cc1nc2cccc(CCc3ccc(CCc4cccc5nc(C)n(C6CCC(=O)N(C(=O)OC(C)(C)C)C6=O)c(=O)c45)cc3)c2c(=O)n1C1CCC(=O)N(C(=O)OC(C)(C)C)C1=O. The molecule has 2 unspecified atom stereocenters. The number of aromatic nitrogens is 4. The first-order valence-corrected chi connectivity index (χ1v) is 21.4. The summed E-state index contributed by atoms with van der Waals surface area (Å²) >= 11 is 0. The zero-order valence-corrected chi connectivity index (χ0v) is 37.4. The summed E-state index contributed by atoms with van der Waals surface area (Å²) in [5, 5.41) is 0.720. The molecule has 0 saturated carbocycles. The third-order valence-corrected chi connectivity index (χ3v) is 11.3. The maximum atomic E-state index is 14.3. The van der Waals surface area contributed by atoms with Gasteiger partial charge in [-0.25, -0.2) is 19.6 Å². The largest absolute Gasteiger partial charge is 0.443 e. The fourth-order valence-corrected chi connectivity index (χ4v) is 8.44. The number of amides is 6. The summed E-state index contributed by atoms with van der Waals surface area (Å²) in [5.74, 6) is -2.46. The molecule has 2 aliphatic rings. The van der Waals surface area contributed by atoms with Crippen LogP contribution in [0.4, 0.5) is 9.59 Å². The molecule has 0 aliphatic carbocycles. The summed E-state index contributed by atoms with van der Waals surface area (Å²) in [4.78, 5) is 117. The molecular formula is C48H52N6O10. The Hall–Kier alpha value is -6.84. The van der Waals surface area contributed by atoms with Crippen LogP contribution in [-0.4, -0.2) is 75.9 Å². The summed E-state index contributed by atoms with van der Waals surface area (Å²) in [5.41, 5.74) is 1.70. The van der Waals surface area contributed by atoms with Crippen molar-refractivity contribution >= 4 is 57.6 Å². The minimum absolute atomic E-state index is 0.0371. The molecule has 0 spiro atoms. The van der Waals surface area contributed by atoms with E-state index in [2.05, 4.69) is 9.97 Å². The molecule has 6 amide bonds. The first kappa shape index (κ1) is 45.2. The molecule has 2 atom stereocenters.